The summed E-state index contributed by atoms with van der Waals surface area (Å²) in [5, 5.41) is 0. The molecule has 1 heterocycles. The van der Waals surface area contributed by atoms with Gasteiger partial charge in [-0.25, -0.2) is 8.78 Å². The highest BCUT2D eigenvalue weighted by Gasteiger charge is 2.48. The monoisotopic (exact) mass is 238 g/mol. The van der Waals surface area contributed by atoms with Gasteiger partial charge in [0.05, 0.1) is 13.5 Å². The molecule has 92 valence electrons. The van der Waals surface area contributed by atoms with Crippen molar-refractivity contribution in [2.24, 2.45) is 0 Å². The molecule has 0 unspecified atom stereocenters. The highest BCUT2D eigenvalue weighted by molar-refractivity contribution is 5.70. The number of carbonyl (C=O) groups is 2. The van der Waals surface area contributed by atoms with Gasteiger partial charge in [-0.3, -0.25) is 9.59 Å². The van der Waals surface area contributed by atoms with Crippen LogP contribution < -0.4 is 0 Å². The summed E-state index contributed by atoms with van der Waals surface area (Å²) in [5.41, 5.74) is 0. The van der Waals surface area contributed by atoms with E-state index in [1.54, 1.807) is 0 Å². The maximum atomic E-state index is 13.3. The molecule has 5 nitrogen and oxygen atoms in total. The molecule has 0 amide bonds. The van der Waals surface area contributed by atoms with Crippen molar-refractivity contribution in [1.82, 2.24) is 0 Å². The van der Waals surface area contributed by atoms with Crippen LogP contribution in [0, 0.1) is 0 Å². The van der Waals surface area contributed by atoms with Crippen LogP contribution in [0.3, 0.4) is 0 Å². The third-order valence-electron chi connectivity index (χ3n) is 2.11. The van der Waals surface area contributed by atoms with Gasteiger partial charge in [0.2, 0.25) is 6.29 Å². The normalized spacial score (nSPS) is 33.5. The van der Waals surface area contributed by atoms with Crippen LogP contribution in [0.4, 0.5) is 8.78 Å². The molecule has 0 saturated carbocycles. The Labute approximate surface area is 90.6 Å². The molecule has 1 fully saturated rings. The third-order valence-corrected chi connectivity index (χ3v) is 2.11. The van der Waals surface area contributed by atoms with Crippen LogP contribution in [0.15, 0.2) is 0 Å². The summed E-state index contributed by atoms with van der Waals surface area (Å²) in [6, 6.07) is 0. The molecule has 1 rings (SSSR count). The van der Waals surface area contributed by atoms with E-state index < -0.39 is 43.1 Å². The van der Waals surface area contributed by atoms with Gasteiger partial charge in [-0.15, -0.1) is 0 Å². The van der Waals surface area contributed by atoms with Crippen LogP contribution in [0.5, 0.6) is 0 Å². The van der Waals surface area contributed by atoms with E-state index in [4.69, 9.17) is 4.74 Å². The maximum absolute atomic E-state index is 13.3. The summed E-state index contributed by atoms with van der Waals surface area (Å²) in [5.74, 6) is -1.50. The van der Waals surface area contributed by atoms with E-state index in [2.05, 4.69) is 9.47 Å². The SMILES string of the molecule is COC(=O)C[C@H]1O[C@@H](OC(C)=O)[C@H](F)[C@@H]1F. The van der Waals surface area contributed by atoms with Crippen molar-refractivity contribution < 1.29 is 32.6 Å². The molecule has 0 spiro atoms. The third kappa shape index (κ3) is 2.88. The summed E-state index contributed by atoms with van der Waals surface area (Å²) in [4.78, 5) is 21.4. The Balaban J connectivity index is 2.57. The molecule has 0 N–H and O–H groups in total. The zero-order chi connectivity index (χ0) is 12.3. The molecule has 0 aromatic heterocycles. The molecule has 1 aliphatic rings. The van der Waals surface area contributed by atoms with E-state index >= 15 is 0 Å². The molecule has 7 heteroatoms. The van der Waals surface area contributed by atoms with Crippen LogP contribution in [-0.4, -0.2) is 43.8 Å². The van der Waals surface area contributed by atoms with Crippen molar-refractivity contribution in [1.29, 1.82) is 0 Å². The minimum atomic E-state index is -2.08. The van der Waals surface area contributed by atoms with Crippen molar-refractivity contribution in [2.45, 2.75) is 38.1 Å². The Bertz CT molecular complexity index is 283. The molecule has 1 saturated heterocycles. The highest BCUT2D eigenvalue weighted by atomic mass is 19.2. The van der Waals surface area contributed by atoms with Crippen LogP contribution in [0.25, 0.3) is 0 Å². The molecule has 0 bridgehead atoms. The fraction of sp³-hybridized carbons (Fsp3) is 0.778. The highest BCUT2D eigenvalue weighted by Crippen LogP contribution is 2.29. The van der Waals surface area contributed by atoms with Gasteiger partial charge in [0.1, 0.15) is 6.10 Å². The van der Waals surface area contributed by atoms with Gasteiger partial charge in [-0.05, 0) is 0 Å². The summed E-state index contributed by atoms with van der Waals surface area (Å²) in [6.07, 6.45) is -7.40. The van der Waals surface area contributed by atoms with Gasteiger partial charge < -0.3 is 14.2 Å². The van der Waals surface area contributed by atoms with Crippen molar-refractivity contribution >= 4 is 11.9 Å². The molecule has 0 aromatic rings. The number of hydrogen-bond donors (Lipinski definition) is 0. The predicted octanol–water partition coefficient (Wildman–Crippen LogP) is 0.514. The number of carbonyl (C=O) groups excluding carboxylic acids is 2. The smallest absolute Gasteiger partial charge is 0.308 e. The van der Waals surface area contributed by atoms with E-state index in [9.17, 15) is 18.4 Å². The van der Waals surface area contributed by atoms with Crippen LogP contribution in [0.1, 0.15) is 13.3 Å². The van der Waals surface area contributed by atoms with Crippen molar-refractivity contribution in [3.8, 4) is 0 Å². The van der Waals surface area contributed by atoms with Crippen molar-refractivity contribution in [2.75, 3.05) is 7.11 Å². The second kappa shape index (κ2) is 5.20. The second-order valence-electron chi connectivity index (χ2n) is 3.32. The number of methoxy groups -OCH3 is 1. The van der Waals surface area contributed by atoms with E-state index in [1.807, 2.05) is 0 Å². The summed E-state index contributed by atoms with van der Waals surface area (Å²) in [7, 11) is 1.13. The first kappa shape index (κ1) is 12.8. The Morgan fingerprint density at radius 1 is 1.31 bits per heavy atom. The lowest BCUT2D eigenvalue weighted by molar-refractivity contribution is -0.181. The Kier molecular flexibility index (Phi) is 4.17. The minimum absolute atomic E-state index is 0.421. The number of hydrogen-bond acceptors (Lipinski definition) is 5. The zero-order valence-electron chi connectivity index (χ0n) is 8.81. The molecular weight excluding hydrogens is 226 g/mol. The molecule has 4 atom stereocenters. The Hall–Kier alpha value is -1.24. The topological polar surface area (TPSA) is 61.8 Å². The average molecular weight is 238 g/mol. The molecule has 16 heavy (non-hydrogen) atoms. The van der Waals surface area contributed by atoms with E-state index in [-0.39, 0.29) is 0 Å². The largest absolute Gasteiger partial charge is 0.469 e. The lowest BCUT2D eigenvalue weighted by atomic mass is 10.1. The van der Waals surface area contributed by atoms with E-state index in [1.165, 1.54) is 0 Å². The molecule has 0 radical (unpaired) electrons. The summed E-state index contributed by atoms with van der Waals surface area (Å²) >= 11 is 0. The van der Waals surface area contributed by atoms with Crippen molar-refractivity contribution in [3.63, 3.8) is 0 Å². The lowest BCUT2D eigenvalue weighted by Gasteiger charge is -2.12. The average Bonchev–Trinajstić information content (AvgIpc) is 2.46. The summed E-state index contributed by atoms with van der Waals surface area (Å²) < 4.78 is 40.0. The second-order valence-corrected chi connectivity index (χ2v) is 3.32. The van der Waals surface area contributed by atoms with Gasteiger partial charge in [-0.2, -0.15) is 0 Å². The molecule has 0 aliphatic carbocycles. The molecule has 1 aliphatic heterocycles. The Morgan fingerprint density at radius 3 is 2.44 bits per heavy atom. The predicted molar refractivity (Wildman–Crippen MR) is 46.9 cm³/mol. The van der Waals surface area contributed by atoms with Gasteiger partial charge in [0.15, 0.2) is 12.3 Å². The number of halogens is 2. The molecule has 0 aromatic carbocycles. The number of esters is 2. The quantitative estimate of drug-likeness (QED) is 0.670. The van der Waals surface area contributed by atoms with Gasteiger partial charge in [-0.1, -0.05) is 0 Å². The first-order valence-corrected chi connectivity index (χ1v) is 4.63. The van der Waals surface area contributed by atoms with Crippen LogP contribution >= 0.6 is 0 Å². The minimum Gasteiger partial charge on any atom is -0.469 e. The first-order valence-electron chi connectivity index (χ1n) is 4.63. The van der Waals surface area contributed by atoms with Crippen LogP contribution in [-0.2, 0) is 23.8 Å². The maximum Gasteiger partial charge on any atom is 0.308 e. The van der Waals surface area contributed by atoms with Crippen molar-refractivity contribution in [3.05, 3.63) is 0 Å². The number of rotatable bonds is 3. The van der Waals surface area contributed by atoms with Gasteiger partial charge in [0, 0.05) is 6.92 Å². The first-order chi connectivity index (χ1) is 7.45. The fourth-order valence-corrected chi connectivity index (χ4v) is 1.34. The lowest BCUT2D eigenvalue weighted by Crippen LogP contribution is -2.28. The van der Waals surface area contributed by atoms with E-state index in [0.29, 0.717) is 0 Å². The number of alkyl halides is 2. The molecular formula is C9H12F2O5. The van der Waals surface area contributed by atoms with Crippen LogP contribution in [0.2, 0.25) is 0 Å². The fourth-order valence-electron chi connectivity index (χ4n) is 1.34. The van der Waals surface area contributed by atoms with E-state index in [0.717, 1.165) is 14.0 Å². The summed E-state index contributed by atoms with van der Waals surface area (Å²) in [6.45, 7) is 1.05. The Morgan fingerprint density at radius 2 is 1.94 bits per heavy atom. The van der Waals surface area contributed by atoms with Gasteiger partial charge >= 0.3 is 11.9 Å². The number of ether oxygens (including phenoxy) is 3. The standard InChI is InChI=1S/C9H12F2O5/c1-4(12)15-9-8(11)7(10)5(16-9)3-6(13)14-2/h5,7-9H,3H2,1-2H3/t5-,7-,8-,9-/m1/s1. The van der Waals surface area contributed by atoms with Gasteiger partial charge in [0.25, 0.3) is 0 Å². The zero-order valence-corrected chi connectivity index (χ0v) is 8.81.